The number of nitrogens with two attached hydrogens (primary N) is 1. The molecule has 0 aromatic carbocycles. The second kappa shape index (κ2) is 7.19. The summed E-state index contributed by atoms with van der Waals surface area (Å²) in [5.74, 6) is -0.983. The zero-order valence-corrected chi connectivity index (χ0v) is 18.0. The summed E-state index contributed by atoms with van der Waals surface area (Å²) < 4.78 is 31.7. The molecule has 10 heteroatoms. The second-order valence-electron chi connectivity index (χ2n) is 8.74. The van der Waals surface area contributed by atoms with Gasteiger partial charge in [0.15, 0.2) is 15.5 Å². The molecule has 2 saturated carbocycles. The molecule has 2 fully saturated rings. The smallest absolute Gasteiger partial charge is 0.272 e. The SMILES string of the molecule is C=CCOCCn1nc(C(N)=O)c2c1C(=O)N(CC1(S(=O)(=O)C3(C)CC3)CC1)CC2. The molecule has 0 radical (unpaired) electrons. The minimum Gasteiger partial charge on any atom is -0.375 e. The van der Waals surface area contributed by atoms with Crippen LogP contribution in [-0.2, 0) is 27.5 Å². The average molecular weight is 437 g/mol. The fourth-order valence-corrected chi connectivity index (χ4v) is 6.92. The van der Waals surface area contributed by atoms with E-state index in [1.807, 2.05) is 0 Å². The van der Waals surface area contributed by atoms with Crippen molar-refractivity contribution in [2.45, 2.75) is 55.1 Å². The third-order valence-corrected chi connectivity index (χ3v) is 9.93. The molecule has 0 bridgehead atoms. The van der Waals surface area contributed by atoms with E-state index >= 15 is 0 Å². The first-order chi connectivity index (χ1) is 14.2. The van der Waals surface area contributed by atoms with Crippen molar-refractivity contribution in [3.63, 3.8) is 0 Å². The van der Waals surface area contributed by atoms with Gasteiger partial charge in [-0.25, -0.2) is 8.42 Å². The van der Waals surface area contributed by atoms with Crippen LogP contribution in [0.1, 0.15) is 59.1 Å². The topological polar surface area (TPSA) is 125 Å². The van der Waals surface area contributed by atoms with E-state index in [2.05, 4.69) is 11.7 Å². The largest absolute Gasteiger partial charge is 0.375 e. The fraction of sp³-hybridized carbons (Fsp3) is 0.650. The molecule has 2 N–H and O–H groups in total. The number of amides is 2. The summed E-state index contributed by atoms with van der Waals surface area (Å²) >= 11 is 0. The summed E-state index contributed by atoms with van der Waals surface area (Å²) in [5, 5.41) is 4.25. The molecule has 1 aromatic heterocycles. The Labute approximate surface area is 176 Å². The lowest BCUT2D eigenvalue weighted by atomic mass is 10.0. The van der Waals surface area contributed by atoms with Gasteiger partial charge in [0.1, 0.15) is 5.69 Å². The van der Waals surface area contributed by atoms with Crippen molar-refractivity contribution in [3.8, 4) is 0 Å². The monoisotopic (exact) mass is 436 g/mol. The number of rotatable bonds is 10. The average Bonchev–Trinajstić information content (AvgIpc) is 3.60. The molecule has 9 nitrogen and oxygen atoms in total. The summed E-state index contributed by atoms with van der Waals surface area (Å²) in [6, 6.07) is 0. The van der Waals surface area contributed by atoms with E-state index in [0.717, 1.165) is 0 Å². The van der Waals surface area contributed by atoms with Crippen LogP contribution in [0.3, 0.4) is 0 Å². The van der Waals surface area contributed by atoms with E-state index in [-0.39, 0.29) is 24.7 Å². The molecule has 2 heterocycles. The second-order valence-corrected chi connectivity index (χ2v) is 11.6. The summed E-state index contributed by atoms with van der Waals surface area (Å²) in [6.45, 7) is 6.87. The standard InChI is InChI=1S/C20H28N4O5S/c1-3-11-29-12-10-24-16-14(15(22-24)17(21)25)4-9-23(18(16)26)13-20(7-8-20)30(27,28)19(2)5-6-19/h3H,1,4-13H2,2H3,(H2,21,25). The van der Waals surface area contributed by atoms with Crippen LogP contribution in [-0.4, -0.2) is 70.7 Å². The third-order valence-electron chi connectivity index (χ3n) is 6.55. The number of nitrogens with zero attached hydrogens (tertiary/aromatic N) is 3. The predicted molar refractivity (Wildman–Crippen MR) is 110 cm³/mol. The number of primary amides is 1. The molecule has 2 amide bonds. The quantitative estimate of drug-likeness (QED) is 0.425. The van der Waals surface area contributed by atoms with Gasteiger partial charge in [-0.3, -0.25) is 14.3 Å². The lowest BCUT2D eigenvalue weighted by Crippen LogP contribution is -2.48. The Bertz CT molecular complexity index is 1000. The van der Waals surface area contributed by atoms with E-state index < -0.39 is 25.2 Å². The zero-order chi connectivity index (χ0) is 21.7. The molecule has 4 rings (SSSR count). The Morgan fingerprint density at radius 3 is 2.60 bits per heavy atom. The maximum atomic E-state index is 13.3. The van der Waals surface area contributed by atoms with Gasteiger partial charge in [0.25, 0.3) is 11.8 Å². The van der Waals surface area contributed by atoms with Crippen molar-refractivity contribution >= 4 is 21.7 Å². The third kappa shape index (κ3) is 3.26. The van der Waals surface area contributed by atoms with E-state index in [0.29, 0.717) is 63.1 Å². The van der Waals surface area contributed by atoms with Crippen molar-refractivity contribution in [2.75, 3.05) is 26.3 Å². The van der Waals surface area contributed by atoms with Gasteiger partial charge in [-0.05, 0) is 39.0 Å². The van der Waals surface area contributed by atoms with Crippen molar-refractivity contribution in [2.24, 2.45) is 5.73 Å². The lowest BCUT2D eigenvalue weighted by Gasteiger charge is -2.32. The van der Waals surface area contributed by atoms with Crippen LogP contribution >= 0.6 is 0 Å². The van der Waals surface area contributed by atoms with Gasteiger partial charge < -0.3 is 15.4 Å². The van der Waals surface area contributed by atoms with Crippen molar-refractivity contribution in [3.05, 3.63) is 29.6 Å². The van der Waals surface area contributed by atoms with Gasteiger partial charge in [-0.1, -0.05) is 6.08 Å². The highest BCUT2D eigenvalue weighted by Gasteiger charge is 2.65. The summed E-state index contributed by atoms with van der Waals surface area (Å²) in [4.78, 5) is 26.8. The molecule has 1 aromatic rings. The summed E-state index contributed by atoms with van der Waals surface area (Å²) in [6.07, 6.45) is 4.59. The van der Waals surface area contributed by atoms with Gasteiger partial charge in [0.05, 0.1) is 29.3 Å². The number of carbonyl (C=O) groups excluding carboxylic acids is 2. The molecule has 30 heavy (non-hydrogen) atoms. The zero-order valence-electron chi connectivity index (χ0n) is 17.2. The molecular formula is C20H28N4O5S. The fourth-order valence-electron chi connectivity index (χ4n) is 4.27. The first-order valence-electron chi connectivity index (χ1n) is 10.3. The molecule has 0 spiro atoms. The number of sulfone groups is 1. The van der Waals surface area contributed by atoms with E-state index in [9.17, 15) is 18.0 Å². The van der Waals surface area contributed by atoms with Gasteiger partial charge >= 0.3 is 0 Å². The van der Waals surface area contributed by atoms with Gasteiger partial charge in [0, 0.05) is 18.7 Å². The summed E-state index contributed by atoms with van der Waals surface area (Å²) in [7, 11) is -3.31. The first kappa shape index (κ1) is 21.0. The van der Waals surface area contributed by atoms with Crippen molar-refractivity contribution in [1.82, 2.24) is 14.7 Å². The molecule has 0 saturated heterocycles. The highest BCUT2D eigenvalue weighted by molar-refractivity contribution is 7.94. The Hall–Kier alpha value is -2.20. The Balaban J connectivity index is 1.58. The van der Waals surface area contributed by atoms with Crippen molar-refractivity contribution < 1.29 is 22.7 Å². The van der Waals surface area contributed by atoms with Gasteiger partial charge in [-0.15, -0.1) is 6.58 Å². The highest BCUT2D eigenvalue weighted by Crippen LogP contribution is 2.56. The first-order valence-corrected chi connectivity index (χ1v) is 11.8. The lowest BCUT2D eigenvalue weighted by molar-refractivity contribution is 0.0717. The minimum atomic E-state index is -3.31. The van der Waals surface area contributed by atoms with Crippen LogP contribution in [0.4, 0.5) is 0 Å². The molecule has 0 atom stereocenters. The minimum absolute atomic E-state index is 0.0981. The van der Waals surface area contributed by atoms with E-state index in [1.54, 1.807) is 17.9 Å². The normalized spacial score (nSPS) is 21.2. The number of aromatic nitrogens is 2. The molecule has 3 aliphatic rings. The van der Waals surface area contributed by atoms with E-state index in [1.165, 1.54) is 4.68 Å². The number of hydrogen-bond acceptors (Lipinski definition) is 6. The van der Waals surface area contributed by atoms with Crippen molar-refractivity contribution in [1.29, 1.82) is 0 Å². The van der Waals surface area contributed by atoms with Crippen LogP contribution in [0, 0.1) is 0 Å². The Morgan fingerprint density at radius 1 is 1.33 bits per heavy atom. The maximum absolute atomic E-state index is 13.3. The van der Waals surface area contributed by atoms with E-state index in [4.69, 9.17) is 10.5 Å². The highest BCUT2D eigenvalue weighted by atomic mass is 32.2. The molecule has 1 aliphatic heterocycles. The number of hydrogen-bond donors (Lipinski definition) is 1. The van der Waals surface area contributed by atoms with Crippen LogP contribution in [0.2, 0.25) is 0 Å². The maximum Gasteiger partial charge on any atom is 0.272 e. The van der Waals surface area contributed by atoms with Crippen LogP contribution in [0.25, 0.3) is 0 Å². The molecule has 0 unspecified atom stereocenters. The summed E-state index contributed by atoms with van der Waals surface area (Å²) in [5.41, 5.74) is 6.41. The van der Waals surface area contributed by atoms with Crippen LogP contribution in [0.5, 0.6) is 0 Å². The predicted octanol–water partition coefficient (Wildman–Crippen LogP) is 0.683. The number of carbonyl (C=O) groups is 2. The number of fused-ring (bicyclic) bond motifs is 1. The Kier molecular flexibility index (Phi) is 5.05. The molecule has 164 valence electrons. The molecular weight excluding hydrogens is 408 g/mol. The van der Waals surface area contributed by atoms with Gasteiger partial charge in [0.2, 0.25) is 0 Å². The Morgan fingerprint density at radius 2 is 2.03 bits per heavy atom. The van der Waals surface area contributed by atoms with Crippen LogP contribution in [0.15, 0.2) is 12.7 Å². The van der Waals surface area contributed by atoms with Gasteiger partial charge in [-0.2, -0.15) is 5.10 Å². The van der Waals surface area contributed by atoms with Crippen LogP contribution < -0.4 is 5.73 Å². The molecule has 2 aliphatic carbocycles. The number of ether oxygens (including phenoxy) is 1.